The van der Waals surface area contributed by atoms with Gasteiger partial charge in [0, 0.05) is 0 Å². The first kappa shape index (κ1) is 10.2. The van der Waals surface area contributed by atoms with Crippen LogP contribution in [0.25, 0.3) is 0 Å². The van der Waals surface area contributed by atoms with Crippen LogP contribution in [0.2, 0.25) is 0 Å². The second-order valence-corrected chi connectivity index (χ2v) is 1.08. The van der Waals surface area contributed by atoms with Gasteiger partial charge in [0.1, 0.15) is 0 Å². The van der Waals surface area contributed by atoms with E-state index in [4.69, 9.17) is 0 Å². The molecule has 0 aromatic heterocycles. The van der Waals surface area contributed by atoms with Crippen LogP contribution in [0.5, 0.6) is 0 Å². The largest absolute Gasteiger partial charge is 0.505 e. The lowest BCUT2D eigenvalue weighted by Crippen LogP contribution is -1.54. The van der Waals surface area contributed by atoms with E-state index in [0.717, 1.165) is 0 Å². The standard InChI is InChI=1S/C3H5F.C3H6O/c1-3(2)4;1-3-4-2/h1H2,2H3;3H,1H2,2H3. The average molecular weight is 118 g/mol. The molecular weight excluding hydrogens is 107 g/mol. The fourth-order valence-corrected chi connectivity index (χ4v) is 0. The van der Waals surface area contributed by atoms with Crippen molar-refractivity contribution in [1.82, 2.24) is 0 Å². The van der Waals surface area contributed by atoms with Gasteiger partial charge in [0.15, 0.2) is 0 Å². The molecule has 0 heterocycles. The summed E-state index contributed by atoms with van der Waals surface area (Å²) in [5, 5.41) is 0. The van der Waals surface area contributed by atoms with E-state index in [0.29, 0.717) is 0 Å². The summed E-state index contributed by atoms with van der Waals surface area (Å²) in [4.78, 5) is 0. The van der Waals surface area contributed by atoms with Gasteiger partial charge in [0.2, 0.25) is 0 Å². The molecule has 0 N–H and O–H groups in total. The van der Waals surface area contributed by atoms with Crippen LogP contribution in [-0.4, -0.2) is 7.11 Å². The Kier molecular flexibility index (Phi) is 12.2. The molecule has 0 saturated heterocycles. The van der Waals surface area contributed by atoms with E-state index >= 15 is 0 Å². The van der Waals surface area contributed by atoms with Gasteiger partial charge in [-0.05, 0) is 6.92 Å². The predicted octanol–water partition coefficient (Wildman–Crippen LogP) is 2.27. The Morgan fingerprint density at radius 2 is 1.88 bits per heavy atom. The first-order valence-corrected chi connectivity index (χ1v) is 2.09. The van der Waals surface area contributed by atoms with E-state index < -0.39 is 0 Å². The fraction of sp³-hybridized carbons (Fsp3) is 0.333. The fourth-order valence-electron chi connectivity index (χ4n) is 0. The molecule has 1 nitrogen and oxygen atoms in total. The Morgan fingerprint density at radius 1 is 1.75 bits per heavy atom. The second-order valence-electron chi connectivity index (χ2n) is 1.08. The van der Waals surface area contributed by atoms with E-state index in [1.54, 1.807) is 7.11 Å². The lowest BCUT2D eigenvalue weighted by atomic mass is 10.7. The minimum Gasteiger partial charge on any atom is -0.505 e. The summed E-state index contributed by atoms with van der Waals surface area (Å²) in [6.07, 6.45) is 1.38. The van der Waals surface area contributed by atoms with E-state index in [2.05, 4.69) is 17.9 Å². The highest BCUT2D eigenvalue weighted by atomic mass is 19.1. The maximum atomic E-state index is 10.8. The van der Waals surface area contributed by atoms with Gasteiger partial charge in [0.05, 0.1) is 19.2 Å². The van der Waals surface area contributed by atoms with Crippen molar-refractivity contribution in [2.75, 3.05) is 7.11 Å². The number of ether oxygens (including phenoxy) is 1. The second kappa shape index (κ2) is 9.51. The zero-order valence-corrected chi connectivity index (χ0v) is 5.28. The van der Waals surface area contributed by atoms with E-state index in [1.807, 2.05) is 0 Å². The molecule has 0 saturated carbocycles. The molecule has 8 heavy (non-hydrogen) atoms. The smallest absolute Gasteiger partial charge is 0.0897 e. The summed E-state index contributed by atoms with van der Waals surface area (Å²) >= 11 is 0. The molecular formula is C6H11FO. The van der Waals surface area contributed by atoms with Crippen molar-refractivity contribution in [1.29, 1.82) is 0 Å². The van der Waals surface area contributed by atoms with E-state index in [9.17, 15) is 4.39 Å². The van der Waals surface area contributed by atoms with E-state index in [-0.39, 0.29) is 5.83 Å². The number of hydrogen-bond acceptors (Lipinski definition) is 1. The molecule has 0 spiro atoms. The molecule has 0 radical (unpaired) electrons. The molecule has 0 aliphatic carbocycles. The third kappa shape index (κ3) is 2090. The quantitative estimate of drug-likeness (QED) is 0.480. The zero-order valence-electron chi connectivity index (χ0n) is 5.28. The van der Waals surface area contributed by atoms with Crippen molar-refractivity contribution in [2.45, 2.75) is 6.92 Å². The first-order valence-electron chi connectivity index (χ1n) is 2.09. The summed E-state index contributed by atoms with van der Waals surface area (Å²) in [6.45, 7) is 7.45. The molecule has 0 aromatic rings. The summed E-state index contributed by atoms with van der Waals surface area (Å²) in [7, 11) is 1.56. The third-order valence-corrected chi connectivity index (χ3v) is 0.167. The number of methoxy groups -OCH3 is 1. The maximum Gasteiger partial charge on any atom is 0.0897 e. The molecule has 0 bridgehead atoms. The zero-order chi connectivity index (χ0) is 6.99. The van der Waals surface area contributed by atoms with Crippen LogP contribution in [-0.2, 0) is 4.74 Å². The van der Waals surface area contributed by atoms with Gasteiger partial charge in [-0.1, -0.05) is 13.2 Å². The Morgan fingerprint density at radius 3 is 1.88 bits per heavy atom. The van der Waals surface area contributed by atoms with Crippen LogP contribution >= 0.6 is 0 Å². The molecule has 0 amide bonds. The van der Waals surface area contributed by atoms with Gasteiger partial charge < -0.3 is 4.74 Å². The van der Waals surface area contributed by atoms with Crippen LogP contribution in [0, 0.1) is 0 Å². The Balaban J connectivity index is 0. The van der Waals surface area contributed by atoms with Crippen LogP contribution in [0.15, 0.2) is 25.2 Å². The number of hydrogen-bond donors (Lipinski definition) is 0. The van der Waals surface area contributed by atoms with Crippen molar-refractivity contribution in [2.24, 2.45) is 0 Å². The van der Waals surface area contributed by atoms with Crippen molar-refractivity contribution in [3.05, 3.63) is 25.2 Å². The minimum absolute atomic E-state index is 0.333. The number of rotatable bonds is 1. The average Bonchev–Trinajstić information content (AvgIpc) is 1.65. The van der Waals surface area contributed by atoms with Crippen molar-refractivity contribution < 1.29 is 9.13 Å². The Bertz CT molecular complexity index is 64.9. The molecule has 48 valence electrons. The van der Waals surface area contributed by atoms with Crippen LogP contribution in [0.4, 0.5) is 4.39 Å². The normalized spacial score (nSPS) is 5.88. The van der Waals surface area contributed by atoms with E-state index in [1.165, 1.54) is 13.2 Å². The summed E-state index contributed by atoms with van der Waals surface area (Å²) in [6, 6.07) is 0. The molecule has 0 fully saturated rings. The topological polar surface area (TPSA) is 9.23 Å². The van der Waals surface area contributed by atoms with Crippen LogP contribution in [0.1, 0.15) is 6.92 Å². The highest BCUT2D eigenvalue weighted by Crippen LogP contribution is 1.80. The lowest BCUT2D eigenvalue weighted by molar-refractivity contribution is 0.339. The van der Waals surface area contributed by atoms with Gasteiger partial charge in [-0.25, -0.2) is 4.39 Å². The van der Waals surface area contributed by atoms with Crippen LogP contribution in [0.3, 0.4) is 0 Å². The highest BCUT2D eigenvalue weighted by Gasteiger charge is 1.58. The van der Waals surface area contributed by atoms with Gasteiger partial charge in [0.25, 0.3) is 0 Å². The molecule has 0 unspecified atom stereocenters. The predicted molar refractivity (Wildman–Crippen MR) is 33.1 cm³/mol. The molecule has 0 aromatic carbocycles. The SMILES string of the molecule is C=C(C)F.C=COC. The Labute approximate surface area is 49.5 Å². The molecule has 0 rings (SSSR count). The summed E-state index contributed by atoms with van der Waals surface area (Å²) in [5.74, 6) is -0.333. The van der Waals surface area contributed by atoms with Crippen molar-refractivity contribution in [3.63, 3.8) is 0 Å². The first-order chi connectivity index (χ1) is 3.65. The Hall–Kier alpha value is -0.790. The molecule has 0 aliphatic heterocycles. The molecule has 0 atom stereocenters. The summed E-state index contributed by atoms with van der Waals surface area (Å²) < 4.78 is 15.1. The monoisotopic (exact) mass is 118 g/mol. The highest BCUT2D eigenvalue weighted by molar-refractivity contribution is 4.68. The molecule has 0 aliphatic rings. The lowest BCUT2D eigenvalue weighted by Gasteiger charge is -1.73. The van der Waals surface area contributed by atoms with Crippen molar-refractivity contribution >= 4 is 0 Å². The van der Waals surface area contributed by atoms with Crippen LogP contribution < -0.4 is 0 Å². The summed E-state index contributed by atoms with van der Waals surface area (Å²) in [5.41, 5.74) is 0. The van der Waals surface area contributed by atoms with Crippen molar-refractivity contribution in [3.8, 4) is 0 Å². The maximum absolute atomic E-state index is 10.8. The van der Waals surface area contributed by atoms with Gasteiger partial charge in [-0.3, -0.25) is 0 Å². The number of halogens is 1. The third-order valence-electron chi connectivity index (χ3n) is 0.167. The molecule has 2 heteroatoms. The van der Waals surface area contributed by atoms with Gasteiger partial charge >= 0.3 is 0 Å². The van der Waals surface area contributed by atoms with Gasteiger partial charge in [-0.15, -0.1) is 0 Å². The number of allylic oxidation sites excluding steroid dienone is 1. The minimum atomic E-state index is -0.333. The van der Waals surface area contributed by atoms with Gasteiger partial charge in [-0.2, -0.15) is 0 Å².